The van der Waals surface area contributed by atoms with Gasteiger partial charge in [-0.1, -0.05) is 49.6 Å². The number of carbonyl (C=O) groups is 1. The molecule has 1 atom stereocenters. The van der Waals surface area contributed by atoms with Gasteiger partial charge in [0.15, 0.2) is 0 Å². The Balaban J connectivity index is 1.74. The molecule has 3 nitrogen and oxygen atoms in total. The highest BCUT2D eigenvalue weighted by molar-refractivity contribution is 5.86. The van der Waals surface area contributed by atoms with Gasteiger partial charge in [-0.3, -0.25) is 9.69 Å². The van der Waals surface area contributed by atoms with Gasteiger partial charge in [0.25, 0.3) is 0 Å². The Morgan fingerprint density at radius 2 is 1.68 bits per heavy atom. The average molecular weight is 300 g/mol. The summed E-state index contributed by atoms with van der Waals surface area (Å²) in [6, 6.07) is 10.4. The van der Waals surface area contributed by atoms with E-state index in [1.807, 2.05) is 18.2 Å². The van der Waals surface area contributed by atoms with E-state index >= 15 is 0 Å². The third-order valence-electron chi connectivity index (χ3n) is 5.46. The molecule has 3 rings (SSSR count). The second-order valence-corrected chi connectivity index (χ2v) is 6.89. The van der Waals surface area contributed by atoms with E-state index in [9.17, 15) is 4.79 Å². The molecule has 1 N–H and O–H groups in total. The number of rotatable bonds is 4. The molecule has 0 spiro atoms. The van der Waals surface area contributed by atoms with Gasteiger partial charge in [-0.15, -0.1) is 0 Å². The largest absolute Gasteiger partial charge is 0.348 e. The molecule has 1 saturated heterocycles. The monoisotopic (exact) mass is 300 g/mol. The lowest BCUT2D eigenvalue weighted by atomic mass is 9.79. The maximum Gasteiger partial charge on any atom is 0.240 e. The molecule has 22 heavy (non-hydrogen) atoms. The first-order valence-electron chi connectivity index (χ1n) is 8.83. The van der Waals surface area contributed by atoms with Crippen molar-refractivity contribution in [2.45, 2.75) is 63.5 Å². The zero-order chi connectivity index (χ0) is 15.4. The molecule has 0 radical (unpaired) electrons. The normalized spacial score (nSPS) is 23.1. The third-order valence-corrected chi connectivity index (χ3v) is 5.46. The van der Waals surface area contributed by atoms with Crippen LogP contribution >= 0.6 is 0 Å². The molecule has 1 amide bonds. The fourth-order valence-electron chi connectivity index (χ4n) is 4.12. The lowest BCUT2D eigenvalue weighted by Gasteiger charge is -2.43. The van der Waals surface area contributed by atoms with Gasteiger partial charge in [0, 0.05) is 0 Å². The van der Waals surface area contributed by atoms with Gasteiger partial charge in [-0.25, -0.2) is 0 Å². The van der Waals surface area contributed by atoms with Gasteiger partial charge in [0.2, 0.25) is 5.91 Å². The molecule has 2 aliphatic rings. The quantitative estimate of drug-likeness (QED) is 0.920. The molecule has 1 aliphatic carbocycles. The maximum atomic E-state index is 13.1. The van der Waals surface area contributed by atoms with Gasteiger partial charge in [-0.2, -0.15) is 0 Å². The van der Waals surface area contributed by atoms with Crippen LogP contribution in [0.5, 0.6) is 0 Å². The van der Waals surface area contributed by atoms with Crippen LogP contribution in [0.3, 0.4) is 0 Å². The van der Waals surface area contributed by atoms with Gasteiger partial charge < -0.3 is 5.32 Å². The van der Waals surface area contributed by atoms with Crippen molar-refractivity contribution in [3.05, 3.63) is 35.9 Å². The van der Waals surface area contributed by atoms with Crippen LogP contribution in [0.15, 0.2) is 30.3 Å². The minimum Gasteiger partial charge on any atom is -0.348 e. The van der Waals surface area contributed by atoms with E-state index in [4.69, 9.17) is 0 Å². The van der Waals surface area contributed by atoms with Crippen molar-refractivity contribution in [2.75, 3.05) is 13.1 Å². The van der Waals surface area contributed by atoms with Crippen molar-refractivity contribution in [1.82, 2.24) is 10.2 Å². The average Bonchev–Trinajstić information content (AvgIpc) is 3.11. The summed E-state index contributed by atoms with van der Waals surface area (Å²) in [4.78, 5) is 15.6. The van der Waals surface area contributed by atoms with Crippen LogP contribution in [0.4, 0.5) is 0 Å². The van der Waals surface area contributed by atoms with Crippen LogP contribution in [-0.2, 0) is 4.79 Å². The lowest BCUT2D eigenvalue weighted by Crippen LogP contribution is -2.59. The first-order chi connectivity index (χ1) is 10.7. The molecule has 3 heteroatoms. The summed E-state index contributed by atoms with van der Waals surface area (Å²) in [5, 5.41) is 3.30. The van der Waals surface area contributed by atoms with Crippen LogP contribution in [0.2, 0.25) is 0 Å². The Labute approximate surface area is 134 Å². The maximum absolute atomic E-state index is 13.1. The first kappa shape index (κ1) is 15.5. The fourth-order valence-corrected chi connectivity index (χ4v) is 4.12. The number of nitrogens with zero attached hydrogens (tertiary/aromatic N) is 1. The van der Waals surface area contributed by atoms with Crippen LogP contribution in [0.25, 0.3) is 0 Å². The lowest BCUT2D eigenvalue weighted by molar-refractivity contribution is -0.136. The van der Waals surface area contributed by atoms with Gasteiger partial charge >= 0.3 is 0 Å². The Kier molecular flexibility index (Phi) is 4.82. The number of amides is 1. The number of hydrogen-bond acceptors (Lipinski definition) is 2. The van der Waals surface area contributed by atoms with Crippen molar-refractivity contribution < 1.29 is 4.79 Å². The predicted octanol–water partition coefficient (Wildman–Crippen LogP) is 3.66. The summed E-state index contributed by atoms with van der Waals surface area (Å²) in [5.41, 5.74) is 0.945. The third kappa shape index (κ3) is 3.05. The summed E-state index contributed by atoms with van der Waals surface area (Å²) in [6.45, 7) is 4.27. The Morgan fingerprint density at radius 3 is 2.32 bits per heavy atom. The fraction of sp³-hybridized carbons (Fsp3) is 0.632. The van der Waals surface area contributed by atoms with E-state index in [-0.39, 0.29) is 17.5 Å². The second kappa shape index (κ2) is 6.82. The topological polar surface area (TPSA) is 32.3 Å². The van der Waals surface area contributed by atoms with E-state index < -0.39 is 0 Å². The van der Waals surface area contributed by atoms with E-state index in [1.165, 1.54) is 37.7 Å². The van der Waals surface area contributed by atoms with Crippen molar-refractivity contribution >= 4 is 5.91 Å². The Hall–Kier alpha value is -1.35. The Bertz CT molecular complexity index is 487. The van der Waals surface area contributed by atoms with E-state index in [2.05, 4.69) is 29.3 Å². The van der Waals surface area contributed by atoms with Crippen LogP contribution < -0.4 is 5.32 Å². The van der Waals surface area contributed by atoms with E-state index in [0.29, 0.717) is 0 Å². The van der Waals surface area contributed by atoms with E-state index in [0.717, 1.165) is 25.9 Å². The minimum atomic E-state index is -0.238. The number of nitrogens with one attached hydrogen (secondary N) is 1. The van der Waals surface area contributed by atoms with Gasteiger partial charge in [-0.05, 0) is 51.3 Å². The zero-order valence-corrected chi connectivity index (χ0v) is 13.7. The minimum absolute atomic E-state index is 0.0788. The molecule has 120 valence electrons. The molecule has 1 aromatic rings. The van der Waals surface area contributed by atoms with Gasteiger partial charge in [0.1, 0.15) is 5.54 Å². The van der Waals surface area contributed by atoms with E-state index in [1.54, 1.807) is 0 Å². The SMILES string of the molecule is CC(NC(=O)C1(N2CCCC2)CCCCC1)c1ccccc1. The predicted molar refractivity (Wildman–Crippen MR) is 89.6 cm³/mol. The van der Waals surface area contributed by atoms with Crippen molar-refractivity contribution in [1.29, 1.82) is 0 Å². The second-order valence-electron chi connectivity index (χ2n) is 6.89. The molecule has 1 aromatic carbocycles. The standard InChI is InChI=1S/C19H28N2O/c1-16(17-10-4-2-5-11-17)20-18(22)19(12-6-3-7-13-19)21-14-8-9-15-21/h2,4-5,10-11,16H,3,6-9,12-15H2,1H3,(H,20,22). The number of carbonyl (C=O) groups excluding carboxylic acids is 1. The molecular formula is C19H28N2O. The van der Waals surface area contributed by atoms with Gasteiger partial charge in [0.05, 0.1) is 6.04 Å². The highest BCUT2D eigenvalue weighted by Gasteiger charge is 2.45. The summed E-state index contributed by atoms with van der Waals surface area (Å²) in [6.07, 6.45) is 8.18. The smallest absolute Gasteiger partial charge is 0.240 e. The number of likely N-dealkylation sites (tertiary alicyclic amines) is 1. The summed E-state index contributed by atoms with van der Waals surface area (Å²) >= 11 is 0. The highest BCUT2D eigenvalue weighted by Crippen LogP contribution is 2.36. The van der Waals surface area contributed by atoms with Crippen LogP contribution in [0, 0.1) is 0 Å². The summed E-state index contributed by atoms with van der Waals surface area (Å²) in [5.74, 6) is 0.255. The van der Waals surface area contributed by atoms with Crippen molar-refractivity contribution in [2.24, 2.45) is 0 Å². The molecule has 0 bridgehead atoms. The highest BCUT2D eigenvalue weighted by atomic mass is 16.2. The summed E-state index contributed by atoms with van der Waals surface area (Å²) in [7, 11) is 0. The molecule has 2 fully saturated rings. The molecule has 1 aliphatic heterocycles. The van der Waals surface area contributed by atoms with Crippen molar-refractivity contribution in [3.8, 4) is 0 Å². The molecule has 0 aromatic heterocycles. The van der Waals surface area contributed by atoms with Crippen molar-refractivity contribution in [3.63, 3.8) is 0 Å². The Morgan fingerprint density at radius 1 is 1.05 bits per heavy atom. The molecule has 1 unspecified atom stereocenters. The zero-order valence-electron chi connectivity index (χ0n) is 13.7. The van der Waals surface area contributed by atoms with Crippen LogP contribution in [-0.4, -0.2) is 29.4 Å². The number of benzene rings is 1. The molecule has 1 heterocycles. The van der Waals surface area contributed by atoms with Crippen LogP contribution in [0.1, 0.15) is 63.5 Å². The first-order valence-corrected chi connectivity index (χ1v) is 8.83. The summed E-state index contributed by atoms with van der Waals surface area (Å²) < 4.78 is 0. The number of hydrogen-bond donors (Lipinski definition) is 1. The molecule has 1 saturated carbocycles. The molecular weight excluding hydrogens is 272 g/mol.